The van der Waals surface area contributed by atoms with Crippen LogP contribution in [-0.4, -0.2) is 41.7 Å². The number of carbonyl (C=O) groups is 2. The van der Waals surface area contributed by atoms with E-state index in [9.17, 15) is 9.59 Å². The first kappa shape index (κ1) is 20.7. The second kappa shape index (κ2) is 8.72. The van der Waals surface area contributed by atoms with E-state index in [0.717, 1.165) is 35.6 Å². The van der Waals surface area contributed by atoms with Crippen molar-refractivity contribution in [2.24, 2.45) is 0 Å². The predicted octanol–water partition coefficient (Wildman–Crippen LogP) is 2.91. The number of carboxylic acids is 1. The number of nitrogens with one attached hydrogen (secondary N) is 2. The molecular weight excluding hydrogens is 426 g/mol. The molecule has 32 heavy (non-hydrogen) atoms. The van der Waals surface area contributed by atoms with Crippen molar-refractivity contribution in [2.75, 3.05) is 19.7 Å². The summed E-state index contributed by atoms with van der Waals surface area (Å²) in [5.41, 5.74) is 4.54. The predicted molar refractivity (Wildman–Crippen MR) is 120 cm³/mol. The van der Waals surface area contributed by atoms with Crippen LogP contribution in [0.25, 0.3) is 0 Å². The van der Waals surface area contributed by atoms with E-state index < -0.39 is 5.97 Å². The van der Waals surface area contributed by atoms with Crippen LogP contribution in [0.15, 0.2) is 48.7 Å². The number of rotatable bonds is 8. The lowest BCUT2D eigenvalue weighted by atomic mass is 9.92. The number of carbonyl (C=O) groups excluding carboxylic acids is 1. The van der Waals surface area contributed by atoms with Crippen molar-refractivity contribution in [1.29, 1.82) is 0 Å². The minimum absolute atomic E-state index is 0.0358. The molecule has 2 atom stereocenters. The zero-order chi connectivity index (χ0) is 22.1. The maximum atomic E-state index is 12.9. The number of hydrogen-bond donors (Lipinski definition) is 3. The maximum absolute atomic E-state index is 12.9. The second-order valence-corrected chi connectivity index (χ2v) is 9.15. The molecule has 1 amide bonds. The topological polar surface area (TPSA) is 101 Å². The number of aliphatic carboxylic acids is 1. The van der Waals surface area contributed by atoms with Crippen molar-refractivity contribution in [3.8, 4) is 5.75 Å². The largest absolute Gasteiger partial charge is 0.482 e. The fourth-order valence-electron chi connectivity index (χ4n) is 4.30. The molecule has 1 aromatic carbocycles. The molecule has 3 N–H and O–H groups in total. The number of carboxylic acid groups (broad SMARTS) is 1. The van der Waals surface area contributed by atoms with Gasteiger partial charge in [0.2, 0.25) is 0 Å². The average molecular weight is 450 g/mol. The van der Waals surface area contributed by atoms with Gasteiger partial charge in [-0.3, -0.25) is 9.78 Å². The van der Waals surface area contributed by atoms with Crippen molar-refractivity contribution in [3.63, 3.8) is 0 Å². The molecule has 0 radical (unpaired) electrons. The lowest BCUT2D eigenvalue weighted by molar-refractivity contribution is -0.139. The highest BCUT2D eigenvalue weighted by molar-refractivity contribution is 7.14. The summed E-state index contributed by atoms with van der Waals surface area (Å²) in [6.07, 6.45) is 2.76. The smallest absolute Gasteiger partial charge is 0.341 e. The molecule has 3 heterocycles. The van der Waals surface area contributed by atoms with Crippen LogP contribution in [0.3, 0.4) is 0 Å². The first-order valence-corrected chi connectivity index (χ1v) is 11.4. The van der Waals surface area contributed by atoms with Crippen molar-refractivity contribution in [3.05, 3.63) is 80.8 Å². The van der Waals surface area contributed by atoms with Crippen LogP contribution in [0.5, 0.6) is 5.75 Å². The van der Waals surface area contributed by atoms with Crippen LogP contribution >= 0.6 is 11.3 Å². The molecule has 0 fully saturated rings. The van der Waals surface area contributed by atoms with Gasteiger partial charge in [0.05, 0.1) is 10.6 Å². The van der Waals surface area contributed by atoms with E-state index in [2.05, 4.69) is 21.7 Å². The first-order chi connectivity index (χ1) is 15.6. The van der Waals surface area contributed by atoms with Gasteiger partial charge in [-0.05, 0) is 47.4 Å². The summed E-state index contributed by atoms with van der Waals surface area (Å²) >= 11 is 1.58. The van der Waals surface area contributed by atoms with E-state index in [-0.39, 0.29) is 24.3 Å². The molecule has 2 aliphatic rings. The summed E-state index contributed by atoms with van der Waals surface area (Å²) in [4.78, 5) is 30.2. The Kier molecular flexibility index (Phi) is 5.63. The Balaban J connectivity index is 1.31. The molecule has 2 unspecified atom stereocenters. The van der Waals surface area contributed by atoms with Crippen molar-refractivity contribution >= 4 is 23.2 Å². The van der Waals surface area contributed by atoms with Crippen LogP contribution in [0.2, 0.25) is 0 Å². The molecule has 0 saturated heterocycles. The molecule has 164 valence electrons. The molecule has 7 nitrogen and oxygen atoms in total. The van der Waals surface area contributed by atoms with E-state index in [1.54, 1.807) is 29.7 Å². The van der Waals surface area contributed by atoms with E-state index in [0.29, 0.717) is 12.3 Å². The monoisotopic (exact) mass is 449 g/mol. The van der Waals surface area contributed by atoms with Crippen LogP contribution < -0.4 is 15.4 Å². The van der Waals surface area contributed by atoms with Crippen LogP contribution in [0.1, 0.15) is 48.8 Å². The van der Waals surface area contributed by atoms with Crippen molar-refractivity contribution in [1.82, 2.24) is 15.6 Å². The lowest BCUT2D eigenvalue weighted by Crippen LogP contribution is -2.28. The van der Waals surface area contributed by atoms with Gasteiger partial charge < -0.3 is 20.5 Å². The Morgan fingerprint density at radius 1 is 1.28 bits per heavy atom. The molecule has 8 heteroatoms. The van der Waals surface area contributed by atoms with Crippen LogP contribution in [0.4, 0.5) is 0 Å². The molecule has 0 bridgehead atoms. The number of hydrogen-bond acceptors (Lipinski definition) is 6. The Bertz CT molecular complexity index is 1110. The summed E-state index contributed by atoms with van der Waals surface area (Å²) in [5, 5.41) is 15.3. The highest BCUT2D eigenvalue weighted by atomic mass is 32.1. The summed E-state index contributed by atoms with van der Waals surface area (Å²) in [6.45, 7) is 1.88. The summed E-state index contributed by atoms with van der Waals surface area (Å²) in [5.74, 6) is -0.359. The number of ether oxygens (including phenoxy) is 1. The zero-order valence-corrected chi connectivity index (χ0v) is 18.2. The number of amides is 1. The fraction of sp³-hybridized carbons (Fsp3) is 0.292. The number of benzene rings is 1. The van der Waals surface area contributed by atoms with Crippen LogP contribution in [0, 0.1) is 0 Å². The Morgan fingerprint density at radius 2 is 2.12 bits per heavy atom. The Labute approximate surface area is 189 Å². The number of thiophene rings is 1. The minimum Gasteiger partial charge on any atom is -0.482 e. The third-order valence-corrected chi connectivity index (χ3v) is 7.17. The van der Waals surface area contributed by atoms with E-state index >= 15 is 0 Å². The summed E-state index contributed by atoms with van der Waals surface area (Å²) in [6, 6.07) is 13.4. The molecule has 1 aliphatic carbocycles. The number of fused-ring (bicyclic) bond motifs is 2. The zero-order valence-electron chi connectivity index (χ0n) is 17.3. The Hall–Kier alpha value is -3.23. The van der Waals surface area contributed by atoms with Gasteiger partial charge in [0, 0.05) is 42.5 Å². The standard InChI is InChI=1S/C24H23N3O4S/c28-21(29)13-31-16-5-3-14(4-6-16)18(22-17-2-1-8-26-23(17)22)12-27-24(30)20-10-15-11-25-9-7-19(15)32-20/h1-6,8,10,18,22,25H,7,9,11-13H2,(H,27,30)(H,28,29). The normalized spacial score (nSPS) is 17.1. The minimum atomic E-state index is -1.01. The van der Waals surface area contributed by atoms with E-state index in [1.165, 1.54) is 16.0 Å². The van der Waals surface area contributed by atoms with E-state index in [4.69, 9.17) is 9.84 Å². The fourth-order valence-corrected chi connectivity index (χ4v) is 5.40. The highest BCUT2D eigenvalue weighted by Crippen LogP contribution is 2.50. The number of pyridine rings is 1. The van der Waals surface area contributed by atoms with Gasteiger partial charge in [-0.1, -0.05) is 18.2 Å². The van der Waals surface area contributed by atoms with Gasteiger partial charge in [-0.2, -0.15) is 0 Å². The molecule has 0 spiro atoms. The van der Waals surface area contributed by atoms with Crippen LogP contribution in [-0.2, 0) is 17.8 Å². The van der Waals surface area contributed by atoms with E-state index in [1.807, 2.05) is 24.3 Å². The van der Waals surface area contributed by atoms with Crippen molar-refractivity contribution in [2.45, 2.75) is 24.8 Å². The van der Waals surface area contributed by atoms with Crippen molar-refractivity contribution < 1.29 is 19.4 Å². The van der Waals surface area contributed by atoms with Gasteiger partial charge in [-0.15, -0.1) is 11.3 Å². The third-order valence-electron chi connectivity index (χ3n) is 5.94. The second-order valence-electron chi connectivity index (χ2n) is 8.01. The quantitative estimate of drug-likeness (QED) is 0.489. The SMILES string of the molecule is O=C(O)COc1ccc(C(CNC(=O)c2cc3c(s2)CCNC3)C2c3cccnc32)cc1. The lowest BCUT2D eigenvalue weighted by Gasteiger charge is -2.18. The molecule has 2 aromatic heterocycles. The number of aromatic nitrogens is 1. The Morgan fingerprint density at radius 3 is 2.84 bits per heavy atom. The highest BCUT2D eigenvalue weighted by Gasteiger charge is 2.41. The molecule has 5 rings (SSSR count). The average Bonchev–Trinajstić information content (AvgIpc) is 3.36. The summed E-state index contributed by atoms with van der Waals surface area (Å²) < 4.78 is 5.25. The van der Waals surface area contributed by atoms with Gasteiger partial charge in [0.25, 0.3) is 5.91 Å². The van der Waals surface area contributed by atoms with Gasteiger partial charge in [-0.25, -0.2) is 4.79 Å². The third kappa shape index (κ3) is 4.24. The van der Waals surface area contributed by atoms with Gasteiger partial charge >= 0.3 is 5.97 Å². The number of nitrogens with zero attached hydrogens (tertiary/aromatic N) is 1. The molecule has 1 aliphatic heterocycles. The molecule has 0 saturated carbocycles. The molecular formula is C24H23N3O4S. The summed E-state index contributed by atoms with van der Waals surface area (Å²) in [7, 11) is 0. The van der Waals surface area contributed by atoms with Gasteiger partial charge in [0.15, 0.2) is 6.61 Å². The molecule has 3 aromatic rings. The maximum Gasteiger partial charge on any atom is 0.341 e. The van der Waals surface area contributed by atoms with Gasteiger partial charge in [0.1, 0.15) is 5.75 Å². The first-order valence-electron chi connectivity index (χ1n) is 10.6.